The summed E-state index contributed by atoms with van der Waals surface area (Å²) in [6.45, 7) is 13.6. The summed E-state index contributed by atoms with van der Waals surface area (Å²) in [5.74, 6) is 0. The van der Waals surface area contributed by atoms with Crippen LogP contribution in [-0.2, 0) is 5.41 Å². The first-order valence-electron chi connectivity index (χ1n) is 5.42. The second-order valence-electron chi connectivity index (χ2n) is 5.11. The van der Waals surface area contributed by atoms with Gasteiger partial charge in [-0.3, -0.25) is 0 Å². The molecule has 0 aliphatic rings. The van der Waals surface area contributed by atoms with Gasteiger partial charge in [-0.1, -0.05) is 51.1 Å². The summed E-state index contributed by atoms with van der Waals surface area (Å²) in [4.78, 5) is 3.44. The Hall–Kier alpha value is -1.81. The molecule has 0 aliphatic carbocycles. The lowest BCUT2D eigenvalue weighted by molar-refractivity contribution is 0.591. The van der Waals surface area contributed by atoms with Crippen molar-refractivity contribution in [3.8, 4) is 0 Å². The summed E-state index contributed by atoms with van der Waals surface area (Å²) in [6.07, 6.45) is 0. The van der Waals surface area contributed by atoms with Crippen LogP contribution in [0.1, 0.15) is 26.3 Å². The first-order valence-corrected chi connectivity index (χ1v) is 5.42. The summed E-state index contributed by atoms with van der Waals surface area (Å²) in [5.41, 5.74) is 2.21. The molecular formula is C15H15N. The maximum Gasteiger partial charge on any atom is 0.187 e. The van der Waals surface area contributed by atoms with Crippen LogP contribution < -0.4 is 0 Å². The van der Waals surface area contributed by atoms with E-state index in [1.165, 1.54) is 10.9 Å². The monoisotopic (exact) mass is 209 g/mol. The van der Waals surface area contributed by atoms with Crippen molar-refractivity contribution in [2.45, 2.75) is 26.2 Å². The highest BCUT2D eigenvalue weighted by Crippen LogP contribution is 2.28. The summed E-state index contributed by atoms with van der Waals surface area (Å²) < 4.78 is 0. The molecule has 2 aromatic rings. The molecule has 0 unspecified atom stereocenters. The maximum atomic E-state index is 6.99. The van der Waals surface area contributed by atoms with Gasteiger partial charge in [0.05, 0.1) is 6.57 Å². The first-order chi connectivity index (χ1) is 7.50. The normalized spacial score (nSPS) is 11.4. The third-order valence-corrected chi connectivity index (χ3v) is 2.82. The molecule has 2 rings (SSSR count). The average Bonchev–Trinajstić information content (AvgIpc) is 2.26. The second kappa shape index (κ2) is 3.64. The largest absolute Gasteiger partial charge is 0.238 e. The van der Waals surface area contributed by atoms with Gasteiger partial charge in [-0.15, -0.1) is 0 Å². The molecule has 0 spiro atoms. The molecule has 0 saturated heterocycles. The first kappa shape index (κ1) is 10.7. The highest BCUT2D eigenvalue weighted by atomic mass is 14.6. The molecule has 0 aromatic heterocycles. The van der Waals surface area contributed by atoms with Crippen LogP contribution in [0.3, 0.4) is 0 Å². The van der Waals surface area contributed by atoms with E-state index in [4.69, 9.17) is 6.57 Å². The van der Waals surface area contributed by atoms with Crippen molar-refractivity contribution in [2.75, 3.05) is 0 Å². The number of fused-ring (bicyclic) bond motifs is 1. The number of nitrogens with zero attached hydrogens (tertiary/aromatic N) is 1. The van der Waals surface area contributed by atoms with Gasteiger partial charge in [-0.2, -0.15) is 0 Å². The summed E-state index contributed by atoms with van der Waals surface area (Å²) in [5, 5.41) is 2.35. The fourth-order valence-corrected chi connectivity index (χ4v) is 1.77. The van der Waals surface area contributed by atoms with Gasteiger partial charge in [0.2, 0.25) is 0 Å². The minimum atomic E-state index is 0.173. The van der Waals surface area contributed by atoms with E-state index in [2.05, 4.69) is 43.8 Å². The molecule has 2 aromatic carbocycles. The molecule has 0 heterocycles. The molecule has 0 N–H and O–H groups in total. The van der Waals surface area contributed by atoms with Crippen LogP contribution in [-0.4, -0.2) is 0 Å². The number of hydrogen-bond donors (Lipinski definition) is 0. The standard InChI is InChI=1S/C15H15N/c1-15(2,3)13-7-5-12-10-14(16-4)8-6-11(12)9-13/h5-10H,1-3H3. The zero-order valence-electron chi connectivity index (χ0n) is 9.91. The van der Waals surface area contributed by atoms with E-state index in [1.54, 1.807) is 0 Å². The van der Waals surface area contributed by atoms with E-state index in [1.807, 2.05) is 18.2 Å². The average molecular weight is 209 g/mol. The summed E-state index contributed by atoms with van der Waals surface area (Å²) >= 11 is 0. The van der Waals surface area contributed by atoms with Gasteiger partial charge in [0.1, 0.15) is 0 Å². The van der Waals surface area contributed by atoms with Gasteiger partial charge in [-0.25, -0.2) is 4.85 Å². The molecular weight excluding hydrogens is 194 g/mol. The third kappa shape index (κ3) is 1.92. The third-order valence-electron chi connectivity index (χ3n) is 2.82. The highest BCUT2D eigenvalue weighted by Gasteiger charge is 2.13. The SMILES string of the molecule is [C-]#[N+]c1ccc2cc(C(C)(C)C)ccc2c1. The van der Waals surface area contributed by atoms with Crippen LogP contribution in [0.15, 0.2) is 36.4 Å². The molecule has 80 valence electrons. The van der Waals surface area contributed by atoms with Crippen molar-refractivity contribution in [2.24, 2.45) is 0 Å². The van der Waals surface area contributed by atoms with Crippen molar-refractivity contribution in [3.05, 3.63) is 53.4 Å². The van der Waals surface area contributed by atoms with E-state index in [0.717, 1.165) is 5.39 Å². The molecule has 1 nitrogen and oxygen atoms in total. The lowest BCUT2D eigenvalue weighted by Gasteiger charge is -2.19. The van der Waals surface area contributed by atoms with Crippen molar-refractivity contribution >= 4 is 16.5 Å². The maximum absolute atomic E-state index is 6.99. The summed E-state index contributed by atoms with van der Waals surface area (Å²) in [7, 11) is 0. The van der Waals surface area contributed by atoms with Crippen molar-refractivity contribution in [1.29, 1.82) is 0 Å². The van der Waals surface area contributed by atoms with Crippen LogP contribution in [0.2, 0.25) is 0 Å². The highest BCUT2D eigenvalue weighted by molar-refractivity contribution is 5.86. The lowest BCUT2D eigenvalue weighted by Crippen LogP contribution is -2.10. The fourth-order valence-electron chi connectivity index (χ4n) is 1.77. The Morgan fingerprint density at radius 1 is 0.938 bits per heavy atom. The molecule has 1 heteroatoms. The van der Waals surface area contributed by atoms with Crippen LogP contribution in [0.5, 0.6) is 0 Å². The fraction of sp³-hybridized carbons (Fsp3) is 0.267. The molecule has 0 atom stereocenters. The van der Waals surface area contributed by atoms with Crippen LogP contribution in [0, 0.1) is 6.57 Å². The number of hydrogen-bond acceptors (Lipinski definition) is 0. The van der Waals surface area contributed by atoms with Gasteiger partial charge in [0.25, 0.3) is 0 Å². The zero-order valence-corrected chi connectivity index (χ0v) is 9.91. The minimum Gasteiger partial charge on any atom is -0.238 e. The summed E-state index contributed by atoms with van der Waals surface area (Å²) in [6, 6.07) is 12.3. The molecule has 0 radical (unpaired) electrons. The molecule has 16 heavy (non-hydrogen) atoms. The topological polar surface area (TPSA) is 4.36 Å². The van der Waals surface area contributed by atoms with E-state index in [0.29, 0.717) is 5.69 Å². The Labute approximate surface area is 96.5 Å². The van der Waals surface area contributed by atoms with Gasteiger partial charge in [0.15, 0.2) is 5.69 Å². The van der Waals surface area contributed by atoms with Crippen LogP contribution in [0.4, 0.5) is 5.69 Å². The predicted molar refractivity (Wildman–Crippen MR) is 68.9 cm³/mol. The van der Waals surface area contributed by atoms with Crippen molar-refractivity contribution in [1.82, 2.24) is 0 Å². The van der Waals surface area contributed by atoms with Gasteiger partial charge in [-0.05, 0) is 27.8 Å². The molecule has 0 saturated carbocycles. The number of benzene rings is 2. The van der Waals surface area contributed by atoms with Gasteiger partial charge >= 0.3 is 0 Å². The Bertz CT molecular complexity index is 568. The Balaban J connectivity index is 2.62. The predicted octanol–water partition coefficient (Wildman–Crippen LogP) is 4.69. The van der Waals surface area contributed by atoms with E-state index < -0.39 is 0 Å². The Kier molecular flexibility index (Phi) is 2.44. The van der Waals surface area contributed by atoms with E-state index >= 15 is 0 Å². The molecule has 0 aliphatic heterocycles. The van der Waals surface area contributed by atoms with Crippen molar-refractivity contribution in [3.63, 3.8) is 0 Å². The van der Waals surface area contributed by atoms with Crippen LogP contribution >= 0.6 is 0 Å². The molecule has 0 amide bonds. The van der Waals surface area contributed by atoms with Crippen LogP contribution in [0.25, 0.3) is 15.6 Å². The zero-order chi connectivity index (χ0) is 11.8. The van der Waals surface area contributed by atoms with Gasteiger partial charge in [0, 0.05) is 0 Å². The smallest absolute Gasteiger partial charge is 0.187 e. The van der Waals surface area contributed by atoms with E-state index in [-0.39, 0.29) is 5.41 Å². The van der Waals surface area contributed by atoms with Gasteiger partial charge < -0.3 is 0 Å². The van der Waals surface area contributed by atoms with Crippen molar-refractivity contribution < 1.29 is 0 Å². The molecule has 0 fully saturated rings. The second-order valence-corrected chi connectivity index (χ2v) is 5.11. The van der Waals surface area contributed by atoms with E-state index in [9.17, 15) is 0 Å². The number of rotatable bonds is 0. The minimum absolute atomic E-state index is 0.173. The molecule has 0 bridgehead atoms. The lowest BCUT2D eigenvalue weighted by atomic mass is 9.86. The Morgan fingerprint density at radius 2 is 1.56 bits per heavy atom. The quantitative estimate of drug-likeness (QED) is 0.554. The Morgan fingerprint density at radius 3 is 2.19 bits per heavy atom.